The van der Waals surface area contributed by atoms with Crippen LogP contribution in [0.4, 0.5) is 0 Å². The fourth-order valence-corrected chi connectivity index (χ4v) is 7.51. The highest BCUT2D eigenvalue weighted by Gasteiger charge is 2.48. The van der Waals surface area contributed by atoms with Gasteiger partial charge in [0.25, 0.3) is 0 Å². The molecule has 0 aromatic rings. The van der Waals surface area contributed by atoms with Crippen LogP contribution in [-0.2, 0) is 28.9 Å². The minimum atomic E-state index is -5.12. The lowest BCUT2D eigenvalue weighted by atomic mass is 9.99. The van der Waals surface area contributed by atoms with E-state index in [4.69, 9.17) is 14.0 Å². The standard InChI is InChI=1S/C43H81NO12S/c1-3-5-7-9-11-13-15-17-19-21-23-25-27-29-31-36(46)35(34-54-43-40(49)41(56-57(51,52)53)39(48)38(33-45)55-43)44-42(50)37(47)32-30-28-26-24-22-20-18-16-14-12-10-8-6-4-2/h21,23,29,31,35-41,43,45-49H,3-20,22,24-28,30,32-34H2,1-2H3,(H,44,50)(H,51,52,53)/b23-21+,31-29+. The summed E-state index contributed by atoms with van der Waals surface area (Å²) in [6.07, 6.45) is 25.5. The van der Waals surface area contributed by atoms with Gasteiger partial charge in [-0.3, -0.25) is 9.35 Å². The molecule has 0 saturated carbocycles. The molecule has 13 nitrogen and oxygen atoms in total. The zero-order valence-corrected chi connectivity index (χ0v) is 36.1. The highest BCUT2D eigenvalue weighted by Crippen LogP contribution is 2.26. The second-order valence-electron chi connectivity index (χ2n) is 15.8. The van der Waals surface area contributed by atoms with Gasteiger partial charge in [0.2, 0.25) is 5.91 Å². The van der Waals surface area contributed by atoms with E-state index in [9.17, 15) is 38.7 Å². The van der Waals surface area contributed by atoms with E-state index < -0.39 is 78.5 Å². The number of amides is 1. The predicted octanol–water partition coefficient (Wildman–Crippen LogP) is 7.13. The Labute approximate surface area is 345 Å². The van der Waals surface area contributed by atoms with Crippen LogP contribution in [0.5, 0.6) is 0 Å². The molecule has 1 rings (SSSR count). The first-order valence-corrected chi connectivity index (χ1v) is 23.7. The van der Waals surface area contributed by atoms with Crippen LogP contribution in [0, 0.1) is 0 Å². The van der Waals surface area contributed by atoms with Crippen molar-refractivity contribution < 1.29 is 57.0 Å². The zero-order chi connectivity index (χ0) is 42.2. The van der Waals surface area contributed by atoms with Crippen LogP contribution in [0.25, 0.3) is 0 Å². The summed E-state index contributed by atoms with van der Waals surface area (Å²) in [4.78, 5) is 13.1. The number of ether oxygens (including phenoxy) is 2. The number of unbranched alkanes of at least 4 members (excludes halogenated alkanes) is 22. The Hall–Kier alpha value is -1.46. The van der Waals surface area contributed by atoms with Crippen molar-refractivity contribution in [3.05, 3.63) is 24.3 Å². The van der Waals surface area contributed by atoms with Gasteiger partial charge < -0.3 is 40.3 Å². The number of aliphatic hydroxyl groups is 5. The molecule has 1 saturated heterocycles. The van der Waals surface area contributed by atoms with Crippen LogP contribution in [0.1, 0.15) is 181 Å². The monoisotopic (exact) mass is 836 g/mol. The SMILES string of the molecule is CCCCCCCCCC/C=C/CC/C=C/C(O)C(COC1OC(CO)C(O)C(OS(=O)(=O)O)C1O)NC(=O)C(O)CCCCCCCCCCCCCCCC. The largest absolute Gasteiger partial charge is 0.397 e. The lowest BCUT2D eigenvalue weighted by molar-refractivity contribution is -0.298. The molecule has 1 aliphatic heterocycles. The molecule has 1 heterocycles. The van der Waals surface area contributed by atoms with Crippen molar-refractivity contribution in [3.63, 3.8) is 0 Å². The molecule has 0 aromatic carbocycles. The first-order valence-electron chi connectivity index (χ1n) is 22.3. The lowest BCUT2D eigenvalue weighted by Crippen LogP contribution is -2.61. The highest BCUT2D eigenvalue weighted by atomic mass is 32.3. The van der Waals surface area contributed by atoms with Gasteiger partial charge in [0.1, 0.15) is 30.5 Å². The summed E-state index contributed by atoms with van der Waals surface area (Å²) in [6.45, 7) is 3.18. The summed E-state index contributed by atoms with van der Waals surface area (Å²) in [7, 11) is -5.12. The van der Waals surface area contributed by atoms with Crippen molar-refractivity contribution >= 4 is 16.3 Å². The van der Waals surface area contributed by atoms with E-state index in [1.54, 1.807) is 6.08 Å². The van der Waals surface area contributed by atoms with Crippen molar-refractivity contribution in [1.29, 1.82) is 0 Å². The van der Waals surface area contributed by atoms with E-state index in [2.05, 4.69) is 35.5 Å². The van der Waals surface area contributed by atoms with Crippen LogP contribution in [0.3, 0.4) is 0 Å². The Morgan fingerprint density at radius 1 is 0.702 bits per heavy atom. The van der Waals surface area contributed by atoms with Gasteiger partial charge in [-0.2, -0.15) is 8.42 Å². The van der Waals surface area contributed by atoms with Crippen LogP contribution >= 0.6 is 0 Å². The minimum Gasteiger partial charge on any atom is -0.394 e. The van der Waals surface area contributed by atoms with Gasteiger partial charge in [-0.1, -0.05) is 173 Å². The van der Waals surface area contributed by atoms with E-state index in [0.29, 0.717) is 12.8 Å². The third-order valence-electron chi connectivity index (χ3n) is 10.6. The molecule has 8 unspecified atom stereocenters. The molecule has 1 aliphatic rings. The smallest absolute Gasteiger partial charge is 0.394 e. The van der Waals surface area contributed by atoms with Gasteiger partial charge in [0, 0.05) is 0 Å². The third kappa shape index (κ3) is 27.1. The Balaban J connectivity index is 2.64. The molecule has 336 valence electrons. The fourth-order valence-electron chi connectivity index (χ4n) is 7.01. The molecule has 0 bridgehead atoms. The molecule has 0 aromatic heterocycles. The fraction of sp³-hybridized carbons (Fsp3) is 0.884. The Kier molecular flexibility index (Phi) is 32.2. The first-order chi connectivity index (χ1) is 27.4. The maximum Gasteiger partial charge on any atom is 0.397 e. The van der Waals surface area contributed by atoms with Gasteiger partial charge in [0.05, 0.1) is 25.4 Å². The lowest BCUT2D eigenvalue weighted by Gasteiger charge is -2.41. The van der Waals surface area contributed by atoms with Crippen molar-refractivity contribution in [2.24, 2.45) is 0 Å². The molecule has 0 radical (unpaired) electrons. The molecule has 0 spiro atoms. The van der Waals surface area contributed by atoms with E-state index in [1.165, 1.54) is 115 Å². The van der Waals surface area contributed by atoms with Crippen LogP contribution in [0.15, 0.2) is 24.3 Å². The molecular weight excluding hydrogens is 755 g/mol. The number of carbonyl (C=O) groups excluding carboxylic acids is 1. The van der Waals surface area contributed by atoms with E-state index in [-0.39, 0.29) is 6.42 Å². The van der Waals surface area contributed by atoms with Crippen LogP contribution < -0.4 is 5.32 Å². The highest BCUT2D eigenvalue weighted by molar-refractivity contribution is 7.80. The Morgan fingerprint density at radius 3 is 1.68 bits per heavy atom. The first kappa shape index (κ1) is 53.6. The number of aliphatic hydroxyl groups excluding tert-OH is 5. The molecule has 7 N–H and O–H groups in total. The predicted molar refractivity (Wildman–Crippen MR) is 224 cm³/mol. The summed E-state index contributed by atoms with van der Waals surface area (Å²) < 4.78 is 47.4. The average molecular weight is 836 g/mol. The summed E-state index contributed by atoms with van der Waals surface area (Å²) in [5, 5.41) is 55.1. The third-order valence-corrected chi connectivity index (χ3v) is 11.1. The molecule has 1 amide bonds. The van der Waals surface area contributed by atoms with Crippen molar-refractivity contribution in [2.75, 3.05) is 13.2 Å². The molecule has 14 heteroatoms. The van der Waals surface area contributed by atoms with Crippen LogP contribution in [0.2, 0.25) is 0 Å². The zero-order valence-electron chi connectivity index (χ0n) is 35.3. The number of rotatable bonds is 37. The number of nitrogens with one attached hydrogen (secondary N) is 1. The average Bonchev–Trinajstić information content (AvgIpc) is 3.18. The summed E-state index contributed by atoms with van der Waals surface area (Å²) in [5.41, 5.74) is 0. The normalized spacial score (nSPS) is 22.0. The van der Waals surface area contributed by atoms with Gasteiger partial charge in [0.15, 0.2) is 6.29 Å². The van der Waals surface area contributed by atoms with Crippen molar-refractivity contribution in [2.45, 2.75) is 230 Å². The topological polar surface area (TPSA) is 212 Å². The molecular formula is C43H81NO12S. The van der Waals surface area contributed by atoms with Crippen molar-refractivity contribution in [1.82, 2.24) is 5.32 Å². The minimum absolute atomic E-state index is 0.240. The van der Waals surface area contributed by atoms with E-state index >= 15 is 0 Å². The molecule has 1 fully saturated rings. The quantitative estimate of drug-likeness (QED) is 0.0189. The maximum absolute atomic E-state index is 13.1. The number of allylic oxidation sites excluding steroid dienone is 3. The van der Waals surface area contributed by atoms with Gasteiger partial charge in [-0.25, -0.2) is 4.18 Å². The second kappa shape index (κ2) is 34.3. The van der Waals surface area contributed by atoms with Crippen LogP contribution in [-0.4, -0.2) is 107 Å². The van der Waals surface area contributed by atoms with E-state index in [0.717, 1.165) is 38.5 Å². The number of hydrogen-bond acceptors (Lipinski definition) is 11. The Bertz CT molecular complexity index is 1140. The Morgan fingerprint density at radius 2 is 1.18 bits per heavy atom. The summed E-state index contributed by atoms with van der Waals surface area (Å²) >= 11 is 0. The van der Waals surface area contributed by atoms with Gasteiger partial charge >= 0.3 is 10.4 Å². The molecule has 57 heavy (non-hydrogen) atoms. The number of hydrogen-bond donors (Lipinski definition) is 7. The maximum atomic E-state index is 13.1. The van der Waals surface area contributed by atoms with Gasteiger partial charge in [-0.15, -0.1) is 0 Å². The summed E-state index contributed by atoms with van der Waals surface area (Å²) in [5.74, 6) is -0.712. The van der Waals surface area contributed by atoms with E-state index in [1.807, 2.05) is 0 Å². The second-order valence-corrected chi connectivity index (χ2v) is 16.8. The van der Waals surface area contributed by atoms with Gasteiger partial charge in [-0.05, 0) is 32.1 Å². The molecule has 8 atom stereocenters. The molecule has 0 aliphatic carbocycles. The number of carbonyl (C=O) groups is 1. The van der Waals surface area contributed by atoms with Crippen molar-refractivity contribution in [3.8, 4) is 0 Å². The summed E-state index contributed by atoms with van der Waals surface area (Å²) in [6, 6.07) is -1.13.